The van der Waals surface area contributed by atoms with Crippen molar-refractivity contribution >= 4 is 5.97 Å². The number of aliphatic hydroxyl groups excluding tert-OH is 1. The van der Waals surface area contributed by atoms with Gasteiger partial charge >= 0.3 is 5.97 Å². The Morgan fingerprint density at radius 3 is 2.43 bits per heavy atom. The molecule has 0 spiro atoms. The molecule has 4 heteroatoms. The third-order valence-corrected chi connectivity index (χ3v) is 0.816. The highest BCUT2D eigenvalue weighted by Gasteiger charge is 2.37. The summed E-state index contributed by atoms with van der Waals surface area (Å²) >= 11 is 0. The fourth-order valence-corrected chi connectivity index (χ4v) is 0.315. The van der Waals surface area contributed by atoms with Gasteiger partial charge in [-0.05, 0) is 0 Å². The molecule has 1 saturated heterocycles. The molecule has 1 heterocycles. The number of rotatable bonds is 0. The van der Waals surface area contributed by atoms with Crippen LogP contribution in [0.25, 0.3) is 0 Å². The Morgan fingerprint density at radius 1 is 1.86 bits per heavy atom. The third kappa shape index (κ3) is 0.477. The molecular formula is C3H5NO3. The van der Waals surface area contributed by atoms with Crippen LogP contribution in [0.3, 0.4) is 0 Å². The first-order valence-electron chi connectivity index (χ1n) is 1.86. The van der Waals surface area contributed by atoms with Crippen molar-refractivity contribution in [1.29, 1.82) is 0 Å². The molecule has 0 aliphatic carbocycles. The quantitative estimate of drug-likeness (QED) is 0.354. The Bertz CT molecular complexity index is 102. The molecule has 1 aliphatic rings. The van der Waals surface area contributed by atoms with Crippen LogP contribution in [0.5, 0.6) is 0 Å². The molecule has 7 heavy (non-hydrogen) atoms. The lowest BCUT2D eigenvalue weighted by Gasteiger charge is -2.26. The second-order valence-electron chi connectivity index (χ2n) is 1.35. The summed E-state index contributed by atoms with van der Waals surface area (Å²) in [5.41, 5.74) is 4.94. The topological polar surface area (TPSA) is 72.6 Å². The van der Waals surface area contributed by atoms with Crippen molar-refractivity contribution in [2.24, 2.45) is 5.73 Å². The van der Waals surface area contributed by atoms with Gasteiger partial charge in [0.1, 0.15) is 0 Å². The molecule has 1 aliphatic heterocycles. The zero-order valence-electron chi connectivity index (χ0n) is 3.50. The first kappa shape index (κ1) is 4.55. The molecule has 0 bridgehead atoms. The minimum atomic E-state index is -1.06. The highest BCUT2D eigenvalue weighted by molar-refractivity contribution is 5.81. The van der Waals surface area contributed by atoms with Crippen molar-refractivity contribution in [2.45, 2.75) is 12.3 Å². The van der Waals surface area contributed by atoms with E-state index in [9.17, 15) is 4.79 Å². The summed E-state index contributed by atoms with van der Waals surface area (Å²) in [6.07, 6.45) is -1.06. The van der Waals surface area contributed by atoms with Gasteiger partial charge in [-0.25, -0.2) is 0 Å². The molecule has 4 nitrogen and oxygen atoms in total. The van der Waals surface area contributed by atoms with Crippen LogP contribution >= 0.6 is 0 Å². The summed E-state index contributed by atoms with van der Waals surface area (Å²) in [4.78, 5) is 9.93. The number of carbonyl (C=O) groups excluding carboxylic acids is 1. The van der Waals surface area contributed by atoms with Crippen LogP contribution in [0.2, 0.25) is 0 Å². The summed E-state index contributed by atoms with van der Waals surface area (Å²) in [6, 6.07) is -0.806. The molecule has 0 saturated carbocycles. The Kier molecular flexibility index (Phi) is 0.765. The van der Waals surface area contributed by atoms with Gasteiger partial charge in [0.05, 0.1) is 0 Å². The van der Waals surface area contributed by atoms with Crippen molar-refractivity contribution in [3.05, 3.63) is 0 Å². The zero-order chi connectivity index (χ0) is 5.44. The third-order valence-electron chi connectivity index (χ3n) is 0.816. The predicted molar refractivity (Wildman–Crippen MR) is 20.1 cm³/mol. The van der Waals surface area contributed by atoms with Crippen LogP contribution in [-0.2, 0) is 9.53 Å². The number of hydrogen-bond acceptors (Lipinski definition) is 4. The maximum atomic E-state index is 9.93. The van der Waals surface area contributed by atoms with E-state index in [0.717, 1.165) is 0 Å². The summed E-state index contributed by atoms with van der Waals surface area (Å²) in [5.74, 6) is -0.535. The summed E-state index contributed by atoms with van der Waals surface area (Å²) < 4.78 is 4.04. The van der Waals surface area contributed by atoms with Crippen LogP contribution in [0.4, 0.5) is 0 Å². The smallest absolute Gasteiger partial charge is 0.331 e. The van der Waals surface area contributed by atoms with E-state index in [2.05, 4.69) is 4.74 Å². The average molecular weight is 103 g/mol. The Balaban J connectivity index is 2.43. The molecule has 1 rings (SSSR count). The molecular weight excluding hydrogens is 98.0 g/mol. The standard InChI is InChI=1S/C3H5NO3/c4-1-2(5)7-3(1)6/h1-2,5H,4H2/t1-,2-/m1/s1. The van der Waals surface area contributed by atoms with Crippen molar-refractivity contribution in [3.8, 4) is 0 Å². The maximum Gasteiger partial charge on any atom is 0.331 e. The van der Waals surface area contributed by atoms with Crippen LogP contribution in [0.15, 0.2) is 0 Å². The first-order chi connectivity index (χ1) is 3.22. The number of ether oxygens (including phenoxy) is 1. The molecule has 0 radical (unpaired) electrons. The number of esters is 1. The van der Waals surface area contributed by atoms with Crippen LogP contribution in [0, 0.1) is 0 Å². The van der Waals surface area contributed by atoms with Gasteiger partial charge in [-0.1, -0.05) is 0 Å². The van der Waals surface area contributed by atoms with E-state index in [1.165, 1.54) is 0 Å². The van der Waals surface area contributed by atoms with Gasteiger partial charge in [0, 0.05) is 0 Å². The SMILES string of the molecule is N[C@H]1C(=O)O[C@H]1O. The molecule has 3 N–H and O–H groups in total. The summed E-state index contributed by atoms with van der Waals surface area (Å²) in [7, 11) is 0. The summed E-state index contributed by atoms with van der Waals surface area (Å²) in [6.45, 7) is 0. The Labute approximate surface area is 39.9 Å². The molecule has 40 valence electrons. The van der Waals surface area contributed by atoms with E-state index in [4.69, 9.17) is 10.8 Å². The van der Waals surface area contributed by atoms with E-state index < -0.39 is 18.3 Å². The largest absolute Gasteiger partial charge is 0.432 e. The Morgan fingerprint density at radius 2 is 2.43 bits per heavy atom. The minimum absolute atomic E-state index is 0.535. The van der Waals surface area contributed by atoms with Gasteiger partial charge in [-0.15, -0.1) is 0 Å². The van der Waals surface area contributed by atoms with Crippen molar-refractivity contribution < 1.29 is 14.6 Å². The fourth-order valence-electron chi connectivity index (χ4n) is 0.315. The van der Waals surface area contributed by atoms with Crippen LogP contribution in [0.1, 0.15) is 0 Å². The van der Waals surface area contributed by atoms with E-state index in [0.29, 0.717) is 0 Å². The molecule has 0 aromatic rings. The van der Waals surface area contributed by atoms with Gasteiger partial charge in [0.15, 0.2) is 6.04 Å². The van der Waals surface area contributed by atoms with E-state index in [1.807, 2.05) is 0 Å². The second-order valence-corrected chi connectivity index (χ2v) is 1.35. The lowest BCUT2D eigenvalue weighted by atomic mass is 10.2. The average Bonchev–Trinajstić information content (AvgIpc) is 1.68. The number of aliphatic hydroxyl groups is 1. The van der Waals surface area contributed by atoms with Crippen molar-refractivity contribution in [3.63, 3.8) is 0 Å². The van der Waals surface area contributed by atoms with Gasteiger partial charge < -0.3 is 15.6 Å². The molecule has 0 aromatic carbocycles. The van der Waals surface area contributed by atoms with Crippen LogP contribution < -0.4 is 5.73 Å². The lowest BCUT2D eigenvalue weighted by molar-refractivity contribution is -0.209. The molecule has 2 atom stereocenters. The highest BCUT2D eigenvalue weighted by atomic mass is 16.7. The highest BCUT2D eigenvalue weighted by Crippen LogP contribution is 2.06. The van der Waals surface area contributed by atoms with Gasteiger partial charge in [-0.2, -0.15) is 0 Å². The van der Waals surface area contributed by atoms with Gasteiger partial charge in [0.2, 0.25) is 6.29 Å². The van der Waals surface area contributed by atoms with E-state index in [1.54, 1.807) is 0 Å². The van der Waals surface area contributed by atoms with Gasteiger partial charge in [-0.3, -0.25) is 4.79 Å². The van der Waals surface area contributed by atoms with Crippen molar-refractivity contribution in [1.82, 2.24) is 0 Å². The molecule has 0 unspecified atom stereocenters. The minimum Gasteiger partial charge on any atom is -0.432 e. The van der Waals surface area contributed by atoms with E-state index >= 15 is 0 Å². The number of cyclic esters (lactones) is 1. The van der Waals surface area contributed by atoms with Crippen LogP contribution in [-0.4, -0.2) is 23.4 Å². The van der Waals surface area contributed by atoms with Crippen molar-refractivity contribution in [2.75, 3.05) is 0 Å². The normalized spacial score (nSPS) is 39.4. The molecule has 0 aromatic heterocycles. The molecule has 1 fully saturated rings. The monoisotopic (exact) mass is 103 g/mol. The summed E-state index contributed by atoms with van der Waals surface area (Å²) in [5, 5.41) is 8.32. The number of hydrogen-bond donors (Lipinski definition) is 2. The first-order valence-corrected chi connectivity index (χ1v) is 1.86. The maximum absolute atomic E-state index is 9.93. The zero-order valence-corrected chi connectivity index (χ0v) is 3.50. The second kappa shape index (κ2) is 1.18. The van der Waals surface area contributed by atoms with Gasteiger partial charge in [0.25, 0.3) is 0 Å². The lowest BCUT2D eigenvalue weighted by Crippen LogP contribution is -2.55. The Hall–Kier alpha value is -0.610. The van der Waals surface area contributed by atoms with E-state index in [-0.39, 0.29) is 0 Å². The number of nitrogens with two attached hydrogens (primary N) is 1. The predicted octanol–water partition coefficient (Wildman–Crippen LogP) is -1.81. The molecule has 0 amide bonds. The fraction of sp³-hybridized carbons (Fsp3) is 0.667. The number of carbonyl (C=O) groups is 1.